The van der Waals surface area contributed by atoms with E-state index in [1.54, 1.807) is 0 Å². The van der Waals surface area contributed by atoms with Gasteiger partial charge in [-0.2, -0.15) is 4.99 Å². The van der Waals surface area contributed by atoms with Crippen molar-refractivity contribution in [3.05, 3.63) is 29.8 Å². The summed E-state index contributed by atoms with van der Waals surface area (Å²) in [7, 11) is 2.11. The number of aliphatic imine (C=N–C) groups is 1. The SMILES string of the molecule is Cc1ccccc1-c1nnc(/N=C(\N)N2CCN(C)CC2)s1.Cl. The maximum absolute atomic E-state index is 6.10. The van der Waals surface area contributed by atoms with Gasteiger partial charge in [-0.15, -0.1) is 22.6 Å². The van der Waals surface area contributed by atoms with Gasteiger partial charge in [-0.25, -0.2) is 0 Å². The van der Waals surface area contributed by atoms with E-state index >= 15 is 0 Å². The number of rotatable bonds is 2. The van der Waals surface area contributed by atoms with E-state index in [9.17, 15) is 0 Å². The molecule has 0 bridgehead atoms. The molecule has 3 rings (SSSR count). The zero-order valence-corrected chi connectivity index (χ0v) is 14.9. The van der Waals surface area contributed by atoms with Crippen molar-refractivity contribution in [1.82, 2.24) is 20.0 Å². The molecule has 124 valence electrons. The fourth-order valence-electron chi connectivity index (χ4n) is 2.39. The van der Waals surface area contributed by atoms with Crippen LogP contribution in [0.5, 0.6) is 0 Å². The van der Waals surface area contributed by atoms with Gasteiger partial charge in [0.15, 0.2) is 5.96 Å². The Morgan fingerprint density at radius 3 is 2.57 bits per heavy atom. The van der Waals surface area contributed by atoms with Crippen molar-refractivity contribution in [3.63, 3.8) is 0 Å². The highest BCUT2D eigenvalue weighted by atomic mass is 35.5. The van der Waals surface area contributed by atoms with Gasteiger partial charge >= 0.3 is 0 Å². The van der Waals surface area contributed by atoms with Crippen LogP contribution in [0.1, 0.15) is 5.56 Å². The Bertz CT molecular complexity index is 678. The molecule has 2 aromatic rings. The molecule has 1 fully saturated rings. The van der Waals surface area contributed by atoms with Crippen molar-refractivity contribution in [3.8, 4) is 10.6 Å². The lowest BCUT2D eigenvalue weighted by Crippen LogP contribution is -2.49. The minimum atomic E-state index is 0. The molecule has 6 nitrogen and oxygen atoms in total. The third-order valence-electron chi connectivity index (χ3n) is 3.83. The number of benzene rings is 1. The van der Waals surface area contributed by atoms with E-state index in [-0.39, 0.29) is 12.4 Å². The summed E-state index contributed by atoms with van der Waals surface area (Å²) in [5.41, 5.74) is 8.38. The average molecular weight is 353 g/mol. The summed E-state index contributed by atoms with van der Waals surface area (Å²) in [6.07, 6.45) is 0. The Kier molecular flexibility index (Phi) is 5.92. The fourth-order valence-corrected chi connectivity index (χ4v) is 3.20. The van der Waals surface area contributed by atoms with E-state index in [0.29, 0.717) is 11.1 Å². The molecule has 8 heteroatoms. The number of aryl methyl sites for hydroxylation is 1. The zero-order chi connectivity index (χ0) is 15.5. The van der Waals surface area contributed by atoms with Crippen molar-refractivity contribution in [2.45, 2.75) is 6.92 Å². The smallest absolute Gasteiger partial charge is 0.235 e. The molecule has 1 aromatic carbocycles. The summed E-state index contributed by atoms with van der Waals surface area (Å²) in [4.78, 5) is 8.81. The zero-order valence-electron chi connectivity index (χ0n) is 13.3. The first kappa shape index (κ1) is 17.7. The first-order valence-corrected chi connectivity index (χ1v) is 8.12. The molecule has 2 heterocycles. The number of piperazine rings is 1. The summed E-state index contributed by atoms with van der Waals surface area (Å²) in [5, 5.41) is 9.87. The van der Waals surface area contributed by atoms with E-state index in [1.807, 2.05) is 18.2 Å². The minimum absolute atomic E-state index is 0. The van der Waals surface area contributed by atoms with Crippen molar-refractivity contribution < 1.29 is 0 Å². The molecule has 0 atom stereocenters. The molecule has 0 spiro atoms. The number of hydrogen-bond donors (Lipinski definition) is 1. The Labute approximate surface area is 146 Å². The second-order valence-corrected chi connectivity index (χ2v) is 6.42. The van der Waals surface area contributed by atoms with Crippen molar-refractivity contribution in [1.29, 1.82) is 0 Å². The molecule has 1 aliphatic heterocycles. The number of nitrogens with two attached hydrogens (primary N) is 1. The van der Waals surface area contributed by atoms with E-state index < -0.39 is 0 Å². The maximum Gasteiger partial charge on any atom is 0.235 e. The monoisotopic (exact) mass is 352 g/mol. The number of halogens is 1. The van der Waals surface area contributed by atoms with Crippen molar-refractivity contribution in [2.24, 2.45) is 10.7 Å². The molecule has 2 N–H and O–H groups in total. The van der Waals surface area contributed by atoms with Gasteiger partial charge in [-0.05, 0) is 19.5 Å². The van der Waals surface area contributed by atoms with E-state index in [1.165, 1.54) is 16.9 Å². The Balaban J connectivity index is 0.00000192. The van der Waals surface area contributed by atoms with Gasteiger partial charge in [-0.3, -0.25) is 0 Å². The summed E-state index contributed by atoms with van der Waals surface area (Å²) in [5.74, 6) is 0.528. The molecular weight excluding hydrogens is 332 g/mol. The molecule has 0 amide bonds. The van der Waals surface area contributed by atoms with E-state index in [2.05, 4.69) is 45.0 Å². The van der Waals surface area contributed by atoms with Crippen LogP contribution in [0, 0.1) is 6.92 Å². The summed E-state index contributed by atoms with van der Waals surface area (Å²) in [6, 6.07) is 8.14. The van der Waals surface area contributed by atoms with Crippen LogP contribution < -0.4 is 5.73 Å². The Hall–Kier alpha value is -1.70. The second kappa shape index (κ2) is 7.72. The predicted molar refractivity (Wildman–Crippen MR) is 97.7 cm³/mol. The summed E-state index contributed by atoms with van der Waals surface area (Å²) < 4.78 is 0. The largest absolute Gasteiger partial charge is 0.369 e. The van der Waals surface area contributed by atoms with Crippen LogP contribution in [0.4, 0.5) is 5.13 Å². The summed E-state index contributed by atoms with van der Waals surface area (Å²) in [6.45, 7) is 5.87. The first-order chi connectivity index (χ1) is 10.6. The van der Waals surface area contributed by atoms with Gasteiger partial charge in [0.05, 0.1) is 0 Å². The first-order valence-electron chi connectivity index (χ1n) is 7.30. The second-order valence-electron chi connectivity index (χ2n) is 5.47. The van der Waals surface area contributed by atoms with Gasteiger partial charge in [0, 0.05) is 31.7 Å². The van der Waals surface area contributed by atoms with Gasteiger partial charge < -0.3 is 15.5 Å². The summed E-state index contributed by atoms with van der Waals surface area (Å²) >= 11 is 1.47. The number of likely N-dealkylation sites (N-methyl/N-ethyl adjacent to an activating group) is 1. The molecule has 0 unspecified atom stereocenters. The lowest BCUT2D eigenvalue weighted by molar-refractivity contribution is 0.214. The lowest BCUT2D eigenvalue weighted by atomic mass is 10.1. The molecule has 0 radical (unpaired) electrons. The van der Waals surface area contributed by atoms with Crippen LogP contribution in [0.2, 0.25) is 0 Å². The molecule has 1 aromatic heterocycles. The maximum atomic E-state index is 6.10. The van der Waals surface area contributed by atoms with E-state index in [0.717, 1.165) is 36.8 Å². The van der Waals surface area contributed by atoms with Crippen LogP contribution in [0.25, 0.3) is 10.6 Å². The van der Waals surface area contributed by atoms with Crippen molar-refractivity contribution in [2.75, 3.05) is 33.2 Å². The van der Waals surface area contributed by atoms with E-state index in [4.69, 9.17) is 5.73 Å². The predicted octanol–water partition coefficient (Wildman–Crippen LogP) is 2.13. The molecule has 0 aliphatic carbocycles. The third-order valence-corrected chi connectivity index (χ3v) is 4.68. The highest BCUT2D eigenvalue weighted by Crippen LogP contribution is 2.30. The van der Waals surface area contributed by atoms with Gasteiger partial charge in [0.2, 0.25) is 5.13 Å². The van der Waals surface area contributed by atoms with Crippen LogP contribution in [0.3, 0.4) is 0 Å². The van der Waals surface area contributed by atoms with Crippen LogP contribution >= 0.6 is 23.7 Å². The third kappa shape index (κ3) is 4.19. The standard InChI is InChI=1S/C15H20N6S.ClH/c1-11-5-3-4-6-12(11)13-18-19-15(22-13)17-14(16)21-9-7-20(2)8-10-21;/h3-6H,7-10H2,1-2H3,(H2,16,17,19);1H. The van der Waals surface area contributed by atoms with Crippen LogP contribution in [-0.2, 0) is 0 Å². The van der Waals surface area contributed by atoms with Crippen LogP contribution in [-0.4, -0.2) is 59.2 Å². The van der Waals surface area contributed by atoms with Gasteiger partial charge in [-0.1, -0.05) is 35.6 Å². The number of guanidine groups is 1. The number of nitrogens with zero attached hydrogens (tertiary/aromatic N) is 5. The average Bonchev–Trinajstić information content (AvgIpc) is 2.96. The number of aromatic nitrogens is 2. The topological polar surface area (TPSA) is 70.6 Å². The lowest BCUT2D eigenvalue weighted by Gasteiger charge is -2.32. The minimum Gasteiger partial charge on any atom is -0.369 e. The molecular formula is C15H21ClN6S. The molecule has 1 saturated heterocycles. The fraction of sp³-hybridized carbons (Fsp3) is 0.400. The highest BCUT2D eigenvalue weighted by molar-refractivity contribution is 7.18. The number of hydrogen-bond acceptors (Lipinski definition) is 5. The molecule has 1 aliphatic rings. The molecule has 0 saturated carbocycles. The normalized spacial score (nSPS) is 16.3. The Morgan fingerprint density at radius 2 is 1.87 bits per heavy atom. The highest BCUT2D eigenvalue weighted by Gasteiger charge is 2.16. The van der Waals surface area contributed by atoms with Crippen LogP contribution in [0.15, 0.2) is 29.3 Å². The van der Waals surface area contributed by atoms with Crippen molar-refractivity contribution >= 4 is 34.8 Å². The Morgan fingerprint density at radius 1 is 1.17 bits per heavy atom. The quantitative estimate of drug-likeness (QED) is 0.662. The molecule has 23 heavy (non-hydrogen) atoms. The van der Waals surface area contributed by atoms with Gasteiger partial charge in [0.1, 0.15) is 5.01 Å². The van der Waals surface area contributed by atoms with Gasteiger partial charge in [0.25, 0.3) is 0 Å².